The van der Waals surface area contributed by atoms with Crippen molar-refractivity contribution in [1.82, 2.24) is 0 Å². The monoisotopic (exact) mass is 273 g/mol. The number of ether oxygens (including phenoxy) is 1. The smallest absolute Gasteiger partial charge is 0.259 e. The third-order valence-electron chi connectivity index (χ3n) is 3.29. The summed E-state index contributed by atoms with van der Waals surface area (Å²) in [7, 11) is 0. The zero-order valence-electron chi connectivity index (χ0n) is 10.5. The number of carbonyl (C=O) groups excluding carboxylic acids is 1. The minimum atomic E-state index is 0.0583. The predicted octanol–water partition coefficient (Wildman–Crippen LogP) is 3.18. The summed E-state index contributed by atoms with van der Waals surface area (Å²) in [5.41, 5.74) is 1.69. The Morgan fingerprint density at radius 1 is 1.26 bits per heavy atom. The first-order chi connectivity index (χ1) is 9.36. The van der Waals surface area contributed by atoms with Gasteiger partial charge in [-0.15, -0.1) is 0 Å². The molecule has 1 saturated heterocycles. The second-order valence-electron chi connectivity index (χ2n) is 4.54. The van der Waals surface area contributed by atoms with Crippen LogP contribution in [0.1, 0.15) is 16.8 Å². The predicted molar refractivity (Wildman–Crippen MR) is 76.8 cm³/mol. The molecule has 2 aromatic rings. The molecule has 1 aliphatic heterocycles. The molecular weight excluding hydrogens is 258 g/mol. The SMILES string of the molecule is O=C(c1ccsc1)N(c1ccccc1)[C@@H]1CCOC1. The number of rotatable bonds is 3. The van der Waals surface area contributed by atoms with Crippen molar-refractivity contribution in [3.63, 3.8) is 0 Å². The van der Waals surface area contributed by atoms with E-state index in [4.69, 9.17) is 4.74 Å². The largest absolute Gasteiger partial charge is 0.379 e. The van der Waals surface area contributed by atoms with E-state index in [0.29, 0.717) is 6.61 Å². The molecule has 1 amide bonds. The van der Waals surface area contributed by atoms with Gasteiger partial charge in [-0.3, -0.25) is 4.79 Å². The summed E-state index contributed by atoms with van der Waals surface area (Å²) in [4.78, 5) is 14.5. The first-order valence-electron chi connectivity index (χ1n) is 6.35. The summed E-state index contributed by atoms with van der Waals surface area (Å²) >= 11 is 1.54. The highest BCUT2D eigenvalue weighted by atomic mass is 32.1. The molecule has 19 heavy (non-hydrogen) atoms. The molecule has 0 saturated carbocycles. The molecule has 3 nitrogen and oxygen atoms in total. The Balaban J connectivity index is 1.94. The van der Waals surface area contributed by atoms with Gasteiger partial charge in [0.2, 0.25) is 0 Å². The van der Waals surface area contributed by atoms with Crippen LogP contribution in [0.3, 0.4) is 0 Å². The standard InChI is InChI=1S/C15H15NO2S/c17-15(12-7-9-19-11-12)16(14-6-8-18-10-14)13-4-2-1-3-5-13/h1-5,7,9,11,14H,6,8,10H2/t14-/m1/s1. The lowest BCUT2D eigenvalue weighted by molar-refractivity contribution is 0.0972. The fourth-order valence-corrected chi connectivity index (χ4v) is 2.96. The molecule has 98 valence electrons. The van der Waals surface area contributed by atoms with Crippen LogP contribution in [0.25, 0.3) is 0 Å². The van der Waals surface area contributed by atoms with Crippen molar-refractivity contribution >= 4 is 22.9 Å². The third kappa shape index (κ3) is 2.55. The number of benzene rings is 1. The molecule has 0 spiro atoms. The highest BCUT2D eigenvalue weighted by Crippen LogP contribution is 2.24. The maximum Gasteiger partial charge on any atom is 0.259 e. The summed E-state index contributed by atoms with van der Waals surface area (Å²) in [6.45, 7) is 1.34. The molecule has 0 radical (unpaired) electrons. The molecule has 1 aromatic heterocycles. The van der Waals surface area contributed by atoms with Crippen molar-refractivity contribution in [2.75, 3.05) is 18.1 Å². The lowest BCUT2D eigenvalue weighted by atomic mass is 10.1. The fourth-order valence-electron chi connectivity index (χ4n) is 2.33. The lowest BCUT2D eigenvalue weighted by Crippen LogP contribution is -2.40. The number of hydrogen-bond donors (Lipinski definition) is 0. The Kier molecular flexibility index (Phi) is 3.62. The molecule has 0 aliphatic carbocycles. The first-order valence-corrected chi connectivity index (χ1v) is 7.29. The van der Waals surface area contributed by atoms with Gasteiger partial charge in [-0.1, -0.05) is 18.2 Å². The van der Waals surface area contributed by atoms with Crippen LogP contribution in [-0.2, 0) is 4.74 Å². The van der Waals surface area contributed by atoms with Crippen molar-refractivity contribution in [3.8, 4) is 0 Å². The number of para-hydroxylation sites is 1. The van der Waals surface area contributed by atoms with Crippen LogP contribution in [0.2, 0.25) is 0 Å². The van der Waals surface area contributed by atoms with Crippen LogP contribution < -0.4 is 4.90 Å². The highest BCUT2D eigenvalue weighted by molar-refractivity contribution is 7.08. The minimum Gasteiger partial charge on any atom is -0.379 e. The topological polar surface area (TPSA) is 29.5 Å². The van der Waals surface area contributed by atoms with E-state index in [9.17, 15) is 4.79 Å². The first kappa shape index (κ1) is 12.4. The van der Waals surface area contributed by atoms with E-state index in [-0.39, 0.29) is 11.9 Å². The highest BCUT2D eigenvalue weighted by Gasteiger charge is 2.29. The molecular formula is C15H15NO2S. The Morgan fingerprint density at radius 3 is 2.74 bits per heavy atom. The van der Waals surface area contributed by atoms with Gasteiger partial charge in [0.25, 0.3) is 5.91 Å². The quantitative estimate of drug-likeness (QED) is 0.859. The summed E-state index contributed by atoms with van der Waals surface area (Å²) in [5.74, 6) is 0.0583. The van der Waals surface area contributed by atoms with Crippen LogP contribution >= 0.6 is 11.3 Å². The Morgan fingerprint density at radius 2 is 2.11 bits per heavy atom. The maximum atomic E-state index is 12.7. The van der Waals surface area contributed by atoms with Gasteiger partial charge < -0.3 is 9.64 Å². The maximum absolute atomic E-state index is 12.7. The number of thiophene rings is 1. The van der Waals surface area contributed by atoms with E-state index in [1.54, 1.807) is 11.3 Å². The summed E-state index contributed by atoms with van der Waals surface area (Å²) in [6.07, 6.45) is 0.894. The van der Waals surface area contributed by atoms with Crippen molar-refractivity contribution < 1.29 is 9.53 Å². The Hall–Kier alpha value is -1.65. The van der Waals surface area contributed by atoms with E-state index in [1.807, 2.05) is 52.1 Å². The number of carbonyl (C=O) groups is 1. The molecule has 0 N–H and O–H groups in total. The van der Waals surface area contributed by atoms with Gasteiger partial charge in [0.1, 0.15) is 0 Å². The molecule has 2 heterocycles. The molecule has 1 aliphatic rings. The molecule has 1 fully saturated rings. The number of hydrogen-bond acceptors (Lipinski definition) is 3. The average molecular weight is 273 g/mol. The molecule has 0 bridgehead atoms. The van der Waals surface area contributed by atoms with Crippen molar-refractivity contribution in [2.24, 2.45) is 0 Å². The van der Waals surface area contributed by atoms with E-state index in [0.717, 1.165) is 24.3 Å². The second-order valence-corrected chi connectivity index (χ2v) is 5.32. The van der Waals surface area contributed by atoms with Gasteiger partial charge >= 0.3 is 0 Å². The van der Waals surface area contributed by atoms with E-state index >= 15 is 0 Å². The van der Waals surface area contributed by atoms with Crippen LogP contribution in [0.4, 0.5) is 5.69 Å². The van der Waals surface area contributed by atoms with E-state index in [1.165, 1.54) is 0 Å². The normalized spacial score (nSPS) is 18.4. The van der Waals surface area contributed by atoms with Gasteiger partial charge in [0, 0.05) is 17.7 Å². The number of nitrogens with zero attached hydrogens (tertiary/aromatic N) is 1. The minimum absolute atomic E-state index is 0.0583. The number of amides is 1. The van der Waals surface area contributed by atoms with Crippen molar-refractivity contribution in [3.05, 3.63) is 52.7 Å². The van der Waals surface area contributed by atoms with Crippen LogP contribution in [0, 0.1) is 0 Å². The van der Waals surface area contributed by atoms with Gasteiger partial charge in [0.05, 0.1) is 18.2 Å². The van der Waals surface area contributed by atoms with E-state index in [2.05, 4.69) is 0 Å². The summed E-state index contributed by atoms with van der Waals surface area (Å²) in [5, 5.41) is 3.83. The number of anilines is 1. The lowest BCUT2D eigenvalue weighted by Gasteiger charge is -2.27. The molecule has 3 rings (SSSR count). The van der Waals surface area contributed by atoms with Gasteiger partial charge in [-0.05, 0) is 30.0 Å². The molecule has 1 atom stereocenters. The molecule has 0 unspecified atom stereocenters. The van der Waals surface area contributed by atoms with Gasteiger partial charge in [-0.2, -0.15) is 11.3 Å². The summed E-state index contributed by atoms with van der Waals surface area (Å²) < 4.78 is 5.44. The van der Waals surface area contributed by atoms with Crippen LogP contribution in [0.15, 0.2) is 47.2 Å². The second kappa shape index (κ2) is 5.55. The third-order valence-corrected chi connectivity index (χ3v) is 3.98. The van der Waals surface area contributed by atoms with Crippen molar-refractivity contribution in [1.29, 1.82) is 0 Å². The van der Waals surface area contributed by atoms with Crippen LogP contribution in [-0.4, -0.2) is 25.2 Å². The zero-order valence-corrected chi connectivity index (χ0v) is 11.3. The Bertz CT molecular complexity index is 533. The fraction of sp³-hybridized carbons (Fsp3) is 0.267. The van der Waals surface area contributed by atoms with Gasteiger partial charge in [0.15, 0.2) is 0 Å². The molecule has 4 heteroatoms. The zero-order chi connectivity index (χ0) is 13.1. The molecule has 1 aromatic carbocycles. The van der Waals surface area contributed by atoms with Gasteiger partial charge in [-0.25, -0.2) is 0 Å². The van der Waals surface area contributed by atoms with Crippen LogP contribution in [0.5, 0.6) is 0 Å². The Labute approximate surface area is 116 Å². The van der Waals surface area contributed by atoms with E-state index < -0.39 is 0 Å². The summed E-state index contributed by atoms with van der Waals surface area (Å²) in [6, 6.07) is 11.8. The average Bonchev–Trinajstić information content (AvgIpc) is 3.13. The van der Waals surface area contributed by atoms with Crippen molar-refractivity contribution in [2.45, 2.75) is 12.5 Å².